The van der Waals surface area contributed by atoms with E-state index in [1.54, 1.807) is 0 Å². The van der Waals surface area contributed by atoms with Crippen molar-refractivity contribution in [2.45, 2.75) is 0 Å². The molecule has 0 fully saturated rings. The van der Waals surface area contributed by atoms with Gasteiger partial charge in [-0.05, 0) is 12.1 Å². The maximum atomic E-state index is 12.3. The highest BCUT2D eigenvalue weighted by Gasteiger charge is 1.92. The molecule has 1 aromatic rings. The summed E-state index contributed by atoms with van der Waals surface area (Å²) in [7, 11) is 0. The normalized spacial score (nSPS) is 10.4. The van der Waals surface area contributed by atoms with Crippen LogP contribution in [0.1, 0.15) is 5.69 Å². The first kappa shape index (κ1) is 8.32. The number of aromatic nitrogens is 1. The molecule has 4 nitrogen and oxygen atoms in total. The fourth-order valence-electron chi connectivity index (χ4n) is 0.623. The lowest BCUT2D eigenvalue weighted by Gasteiger charge is -1.88. The molecule has 0 N–H and O–H groups in total. The number of nitrogens with zero attached hydrogens (tertiary/aromatic N) is 2. The molecule has 0 aliphatic carbocycles. The highest BCUT2D eigenvalue weighted by Crippen LogP contribution is 1.99. The van der Waals surface area contributed by atoms with Crippen LogP contribution in [-0.4, -0.2) is 9.91 Å². The molecule has 0 atom stereocenters. The lowest BCUT2D eigenvalue weighted by molar-refractivity contribution is -0.401. The van der Waals surface area contributed by atoms with Crippen LogP contribution in [-0.2, 0) is 0 Å². The van der Waals surface area contributed by atoms with E-state index in [1.165, 1.54) is 18.2 Å². The van der Waals surface area contributed by atoms with Crippen LogP contribution in [0.5, 0.6) is 0 Å². The highest BCUT2D eigenvalue weighted by molar-refractivity contribution is 5.42. The minimum Gasteiger partial charge on any atom is -0.259 e. The van der Waals surface area contributed by atoms with Crippen LogP contribution in [0.15, 0.2) is 24.5 Å². The Kier molecular flexibility index (Phi) is 2.47. The standard InChI is InChI=1S/C7H5FN2O2/c8-6-1-2-7(9-5-6)3-4-10(11)12/h1-5H/b4-3+. The summed E-state index contributed by atoms with van der Waals surface area (Å²) in [5, 5.41) is 9.86. The van der Waals surface area contributed by atoms with Crippen LogP contribution in [0.2, 0.25) is 0 Å². The Balaban J connectivity index is 2.77. The van der Waals surface area contributed by atoms with Gasteiger partial charge in [-0.3, -0.25) is 15.1 Å². The number of hydrogen-bond acceptors (Lipinski definition) is 3. The van der Waals surface area contributed by atoms with E-state index in [0.717, 1.165) is 12.4 Å². The first-order valence-electron chi connectivity index (χ1n) is 3.12. The molecule has 0 unspecified atom stereocenters. The van der Waals surface area contributed by atoms with Crippen molar-refractivity contribution in [3.05, 3.63) is 46.2 Å². The molecule has 0 spiro atoms. The Morgan fingerprint density at radius 1 is 1.58 bits per heavy atom. The number of hydrogen-bond donors (Lipinski definition) is 0. The number of rotatable bonds is 2. The number of pyridine rings is 1. The lowest BCUT2D eigenvalue weighted by atomic mass is 10.3. The van der Waals surface area contributed by atoms with Crippen LogP contribution >= 0.6 is 0 Å². The minimum absolute atomic E-state index is 0.355. The fraction of sp³-hybridized carbons (Fsp3) is 0. The highest BCUT2D eigenvalue weighted by atomic mass is 19.1. The lowest BCUT2D eigenvalue weighted by Crippen LogP contribution is -1.85. The van der Waals surface area contributed by atoms with Gasteiger partial charge in [0.05, 0.1) is 16.8 Å². The van der Waals surface area contributed by atoms with Crippen molar-refractivity contribution in [2.24, 2.45) is 0 Å². The third kappa shape index (κ3) is 2.45. The van der Waals surface area contributed by atoms with Crippen molar-refractivity contribution in [2.75, 3.05) is 0 Å². The van der Waals surface area contributed by atoms with Gasteiger partial charge in [-0.15, -0.1) is 0 Å². The van der Waals surface area contributed by atoms with Gasteiger partial charge in [0.2, 0.25) is 6.20 Å². The Hall–Kier alpha value is -1.78. The van der Waals surface area contributed by atoms with Crippen molar-refractivity contribution in [1.82, 2.24) is 4.98 Å². The summed E-state index contributed by atoms with van der Waals surface area (Å²) >= 11 is 0. The molecule has 0 saturated carbocycles. The van der Waals surface area contributed by atoms with Gasteiger partial charge in [0.25, 0.3) is 0 Å². The van der Waals surface area contributed by atoms with E-state index in [4.69, 9.17) is 0 Å². The summed E-state index contributed by atoms with van der Waals surface area (Å²) in [5.41, 5.74) is 0.355. The fourth-order valence-corrected chi connectivity index (χ4v) is 0.623. The molecule has 0 radical (unpaired) electrons. The summed E-state index contributed by atoms with van der Waals surface area (Å²) in [6.45, 7) is 0. The van der Waals surface area contributed by atoms with Gasteiger partial charge in [-0.25, -0.2) is 4.39 Å². The third-order valence-electron chi connectivity index (χ3n) is 1.12. The topological polar surface area (TPSA) is 56.0 Å². The molecule has 1 heterocycles. The van der Waals surface area contributed by atoms with Crippen LogP contribution < -0.4 is 0 Å². The van der Waals surface area contributed by atoms with Crippen molar-refractivity contribution in [3.8, 4) is 0 Å². The summed E-state index contributed by atoms with van der Waals surface area (Å²) in [6, 6.07) is 2.54. The van der Waals surface area contributed by atoms with E-state index < -0.39 is 10.7 Å². The van der Waals surface area contributed by atoms with Crippen molar-refractivity contribution >= 4 is 6.08 Å². The molecule has 12 heavy (non-hydrogen) atoms. The second-order valence-corrected chi connectivity index (χ2v) is 2.00. The molecular formula is C7H5FN2O2. The molecule has 0 aliphatic rings. The Morgan fingerprint density at radius 2 is 2.33 bits per heavy atom. The molecular weight excluding hydrogens is 163 g/mol. The first-order valence-corrected chi connectivity index (χ1v) is 3.12. The number of nitro groups is 1. The Labute approximate surface area is 67.5 Å². The summed E-state index contributed by atoms with van der Waals surface area (Å²) in [5.74, 6) is -0.465. The zero-order valence-corrected chi connectivity index (χ0v) is 5.98. The maximum Gasteiger partial charge on any atom is 0.236 e. The van der Waals surface area contributed by atoms with Crippen LogP contribution in [0, 0.1) is 15.9 Å². The van der Waals surface area contributed by atoms with E-state index in [1.807, 2.05) is 0 Å². The monoisotopic (exact) mass is 168 g/mol. The van der Waals surface area contributed by atoms with Gasteiger partial charge in [0, 0.05) is 6.08 Å². The summed E-state index contributed by atoms with van der Waals surface area (Å²) in [6.07, 6.45) is 2.94. The predicted molar refractivity (Wildman–Crippen MR) is 40.2 cm³/mol. The van der Waals surface area contributed by atoms with Crippen LogP contribution in [0.4, 0.5) is 4.39 Å². The zero-order valence-electron chi connectivity index (χ0n) is 5.98. The maximum absolute atomic E-state index is 12.3. The smallest absolute Gasteiger partial charge is 0.236 e. The minimum atomic E-state index is -0.606. The van der Waals surface area contributed by atoms with Crippen molar-refractivity contribution < 1.29 is 9.31 Å². The van der Waals surface area contributed by atoms with Crippen molar-refractivity contribution in [1.29, 1.82) is 0 Å². The largest absolute Gasteiger partial charge is 0.259 e. The van der Waals surface area contributed by atoms with E-state index >= 15 is 0 Å². The Morgan fingerprint density at radius 3 is 2.83 bits per heavy atom. The summed E-state index contributed by atoms with van der Waals surface area (Å²) < 4.78 is 12.3. The van der Waals surface area contributed by atoms with Gasteiger partial charge in [-0.2, -0.15) is 0 Å². The Bertz CT molecular complexity index is 308. The van der Waals surface area contributed by atoms with E-state index in [2.05, 4.69) is 4.98 Å². The molecule has 0 aromatic carbocycles. The van der Waals surface area contributed by atoms with Crippen molar-refractivity contribution in [3.63, 3.8) is 0 Å². The predicted octanol–water partition coefficient (Wildman–Crippen LogP) is 1.47. The van der Waals surface area contributed by atoms with E-state index in [-0.39, 0.29) is 0 Å². The summed E-state index contributed by atoms with van der Waals surface area (Å²) in [4.78, 5) is 12.8. The van der Waals surface area contributed by atoms with Gasteiger partial charge >= 0.3 is 0 Å². The van der Waals surface area contributed by atoms with Gasteiger partial charge < -0.3 is 0 Å². The molecule has 0 amide bonds. The van der Waals surface area contributed by atoms with Crippen LogP contribution in [0.3, 0.4) is 0 Å². The SMILES string of the molecule is O=[N+]([O-])/C=C/c1ccc(F)cn1. The molecule has 1 aromatic heterocycles. The van der Waals surface area contributed by atoms with Gasteiger partial charge in [-0.1, -0.05) is 0 Å². The average Bonchev–Trinajstić information content (AvgIpc) is 2.03. The second-order valence-electron chi connectivity index (χ2n) is 2.00. The second kappa shape index (κ2) is 3.56. The quantitative estimate of drug-likeness (QED) is 0.496. The zero-order chi connectivity index (χ0) is 8.97. The van der Waals surface area contributed by atoms with E-state index in [9.17, 15) is 14.5 Å². The van der Waals surface area contributed by atoms with Gasteiger partial charge in [0.1, 0.15) is 5.82 Å². The van der Waals surface area contributed by atoms with Gasteiger partial charge in [0.15, 0.2) is 0 Å². The van der Waals surface area contributed by atoms with E-state index in [0.29, 0.717) is 5.69 Å². The first-order chi connectivity index (χ1) is 5.68. The molecule has 5 heteroatoms. The third-order valence-corrected chi connectivity index (χ3v) is 1.12. The number of halogens is 1. The molecule has 0 aliphatic heterocycles. The van der Waals surface area contributed by atoms with Crippen LogP contribution in [0.25, 0.3) is 6.08 Å². The molecule has 0 bridgehead atoms. The molecule has 0 saturated heterocycles. The molecule has 1 rings (SSSR count). The molecule has 62 valence electrons. The average molecular weight is 168 g/mol.